The van der Waals surface area contributed by atoms with E-state index in [1.807, 2.05) is 6.92 Å². The molecule has 1 amide bonds. The van der Waals surface area contributed by atoms with Gasteiger partial charge in [0, 0.05) is 36.8 Å². The largest absolute Gasteiger partial charge is 0.375 e. The van der Waals surface area contributed by atoms with Crippen molar-refractivity contribution < 1.29 is 18.3 Å². The highest BCUT2D eigenvalue weighted by molar-refractivity contribution is 5.85. The fourth-order valence-electron chi connectivity index (χ4n) is 3.08. The number of carbonyl (C=O) groups is 1. The number of carbonyl (C=O) groups excluding carboxylic acids is 1. The number of benzene rings is 1. The van der Waals surface area contributed by atoms with Crippen LogP contribution in [0.25, 0.3) is 10.9 Å². The number of aryl methyl sites for hydroxylation is 1. The van der Waals surface area contributed by atoms with Crippen molar-refractivity contribution in [2.45, 2.75) is 25.9 Å². The van der Waals surface area contributed by atoms with Gasteiger partial charge in [-0.05, 0) is 25.0 Å². The lowest BCUT2D eigenvalue weighted by Gasteiger charge is -2.23. The summed E-state index contributed by atoms with van der Waals surface area (Å²) in [5.41, 5.74) is 1.90. The van der Waals surface area contributed by atoms with Gasteiger partial charge in [0.25, 0.3) is 0 Å². The molecular weight excluding hydrogens is 316 g/mol. The fourth-order valence-corrected chi connectivity index (χ4v) is 3.08. The summed E-state index contributed by atoms with van der Waals surface area (Å²) < 4.78 is 32.7. The van der Waals surface area contributed by atoms with Crippen LogP contribution in [0.15, 0.2) is 12.1 Å². The molecule has 0 radical (unpaired) electrons. The predicted molar refractivity (Wildman–Crippen MR) is 86.9 cm³/mol. The number of amides is 1. The van der Waals surface area contributed by atoms with Gasteiger partial charge in [-0.3, -0.25) is 4.79 Å². The number of aromatic amines is 1. The SMILES string of the molecule is Cc1[nH]c2c(F)cc(F)cc2c1CCNC(=O)C[C@@H]1CNCCO1. The molecule has 1 aromatic heterocycles. The van der Waals surface area contributed by atoms with E-state index in [1.165, 1.54) is 6.07 Å². The summed E-state index contributed by atoms with van der Waals surface area (Å²) >= 11 is 0. The second kappa shape index (κ2) is 7.27. The van der Waals surface area contributed by atoms with Gasteiger partial charge in [0.1, 0.15) is 11.6 Å². The van der Waals surface area contributed by atoms with E-state index in [4.69, 9.17) is 4.74 Å². The van der Waals surface area contributed by atoms with Crippen molar-refractivity contribution in [2.75, 3.05) is 26.2 Å². The van der Waals surface area contributed by atoms with E-state index in [2.05, 4.69) is 15.6 Å². The molecule has 3 rings (SSSR count). The average molecular weight is 337 g/mol. The van der Waals surface area contributed by atoms with Gasteiger partial charge in [-0.2, -0.15) is 0 Å². The number of hydrogen-bond donors (Lipinski definition) is 3. The second-order valence-corrected chi connectivity index (χ2v) is 6.04. The lowest BCUT2D eigenvalue weighted by Crippen LogP contribution is -2.41. The predicted octanol–water partition coefficient (Wildman–Crippen LogP) is 1.79. The lowest BCUT2D eigenvalue weighted by atomic mass is 10.1. The zero-order valence-electron chi connectivity index (χ0n) is 13.5. The maximum atomic E-state index is 13.8. The van der Waals surface area contributed by atoms with Crippen LogP contribution in [0, 0.1) is 18.6 Å². The van der Waals surface area contributed by atoms with Crippen molar-refractivity contribution in [3.63, 3.8) is 0 Å². The zero-order chi connectivity index (χ0) is 17.1. The van der Waals surface area contributed by atoms with Gasteiger partial charge >= 0.3 is 0 Å². The number of rotatable bonds is 5. The highest BCUT2D eigenvalue weighted by Gasteiger charge is 2.18. The molecule has 3 N–H and O–H groups in total. The van der Waals surface area contributed by atoms with Crippen molar-refractivity contribution in [3.05, 3.63) is 35.0 Å². The third-order valence-electron chi connectivity index (χ3n) is 4.26. The normalized spacial score (nSPS) is 18.0. The van der Waals surface area contributed by atoms with Gasteiger partial charge in [-0.25, -0.2) is 8.78 Å². The summed E-state index contributed by atoms with van der Waals surface area (Å²) in [5.74, 6) is -1.30. The number of halogens is 2. The van der Waals surface area contributed by atoms with Crippen molar-refractivity contribution in [2.24, 2.45) is 0 Å². The van der Waals surface area contributed by atoms with Gasteiger partial charge in [0.2, 0.25) is 5.91 Å². The smallest absolute Gasteiger partial charge is 0.222 e. The molecule has 0 unspecified atom stereocenters. The van der Waals surface area contributed by atoms with Crippen LogP contribution in [-0.2, 0) is 16.0 Å². The number of morpholine rings is 1. The van der Waals surface area contributed by atoms with Crippen LogP contribution in [-0.4, -0.2) is 43.2 Å². The fraction of sp³-hybridized carbons (Fsp3) is 0.471. The van der Waals surface area contributed by atoms with Crippen LogP contribution in [0.4, 0.5) is 8.78 Å². The summed E-state index contributed by atoms with van der Waals surface area (Å²) in [5, 5.41) is 6.54. The quantitative estimate of drug-likeness (QED) is 0.779. The molecule has 2 heterocycles. The first-order chi connectivity index (χ1) is 11.5. The highest BCUT2D eigenvalue weighted by Crippen LogP contribution is 2.25. The van der Waals surface area contributed by atoms with Crippen LogP contribution in [0.1, 0.15) is 17.7 Å². The van der Waals surface area contributed by atoms with E-state index >= 15 is 0 Å². The van der Waals surface area contributed by atoms with E-state index in [1.54, 1.807) is 0 Å². The maximum absolute atomic E-state index is 13.8. The van der Waals surface area contributed by atoms with Crippen LogP contribution >= 0.6 is 0 Å². The third kappa shape index (κ3) is 3.73. The van der Waals surface area contributed by atoms with Gasteiger partial charge in [0.05, 0.1) is 24.6 Å². The number of H-pyrrole nitrogens is 1. The first-order valence-corrected chi connectivity index (χ1v) is 8.10. The zero-order valence-corrected chi connectivity index (χ0v) is 13.5. The average Bonchev–Trinajstić information content (AvgIpc) is 2.85. The first kappa shape index (κ1) is 16.9. The van der Waals surface area contributed by atoms with Crippen LogP contribution in [0.5, 0.6) is 0 Å². The highest BCUT2D eigenvalue weighted by atomic mass is 19.1. The Kier molecular flexibility index (Phi) is 5.11. The number of ether oxygens (including phenoxy) is 1. The Bertz CT molecular complexity index is 739. The Labute approximate surface area is 138 Å². The second-order valence-electron chi connectivity index (χ2n) is 6.04. The molecule has 1 saturated heterocycles. The molecule has 24 heavy (non-hydrogen) atoms. The molecule has 5 nitrogen and oxygen atoms in total. The molecule has 1 atom stereocenters. The number of fused-ring (bicyclic) bond motifs is 1. The van der Waals surface area contributed by atoms with Crippen molar-refractivity contribution >= 4 is 16.8 Å². The molecule has 0 spiro atoms. The topological polar surface area (TPSA) is 66.2 Å². The van der Waals surface area contributed by atoms with Crippen LogP contribution < -0.4 is 10.6 Å². The van der Waals surface area contributed by atoms with Crippen LogP contribution in [0.2, 0.25) is 0 Å². The Morgan fingerprint density at radius 2 is 2.25 bits per heavy atom. The molecule has 1 fully saturated rings. The molecule has 1 aromatic carbocycles. The lowest BCUT2D eigenvalue weighted by molar-refractivity contribution is -0.124. The molecular formula is C17H21F2N3O2. The molecule has 1 aliphatic heterocycles. The Hall–Kier alpha value is -1.99. The van der Waals surface area contributed by atoms with E-state index in [9.17, 15) is 13.6 Å². The summed E-state index contributed by atoms with van der Waals surface area (Å²) in [6, 6.07) is 2.18. The monoisotopic (exact) mass is 337 g/mol. The van der Waals surface area contributed by atoms with Gasteiger partial charge in [0.15, 0.2) is 0 Å². The summed E-state index contributed by atoms with van der Waals surface area (Å²) in [6.45, 7) is 4.32. The van der Waals surface area contributed by atoms with Crippen molar-refractivity contribution in [1.29, 1.82) is 0 Å². The molecule has 1 aliphatic rings. The molecule has 7 heteroatoms. The minimum Gasteiger partial charge on any atom is -0.375 e. The Morgan fingerprint density at radius 1 is 1.42 bits per heavy atom. The van der Waals surface area contributed by atoms with E-state index in [0.717, 1.165) is 23.9 Å². The Balaban J connectivity index is 1.59. The molecule has 2 aromatic rings. The number of hydrogen-bond acceptors (Lipinski definition) is 3. The number of aromatic nitrogens is 1. The minimum absolute atomic E-state index is 0.0847. The summed E-state index contributed by atoms with van der Waals surface area (Å²) in [6.07, 6.45) is 0.713. The van der Waals surface area contributed by atoms with E-state index < -0.39 is 11.6 Å². The van der Waals surface area contributed by atoms with Crippen molar-refractivity contribution in [3.8, 4) is 0 Å². The molecule has 0 saturated carbocycles. The summed E-state index contributed by atoms with van der Waals surface area (Å²) in [4.78, 5) is 14.9. The minimum atomic E-state index is -0.606. The van der Waals surface area contributed by atoms with E-state index in [-0.39, 0.29) is 12.0 Å². The van der Waals surface area contributed by atoms with Gasteiger partial charge in [-0.15, -0.1) is 0 Å². The van der Waals surface area contributed by atoms with Gasteiger partial charge in [-0.1, -0.05) is 0 Å². The molecule has 0 bridgehead atoms. The molecule has 0 aliphatic carbocycles. The van der Waals surface area contributed by atoms with Gasteiger partial charge < -0.3 is 20.4 Å². The first-order valence-electron chi connectivity index (χ1n) is 8.10. The standard InChI is InChI=1S/C17H21F2N3O2/c1-10-13(14-6-11(18)7-15(19)17(14)22-10)2-3-21-16(23)8-12-9-20-4-5-24-12/h6-7,12,20,22H,2-5,8-9H2,1H3,(H,21,23)/t12-/m1/s1. The molecule has 130 valence electrons. The summed E-state index contributed by atoms with van der Waals surface area (Å²) in [7, 11) is 0. The van der Waals surface area contributed by atoms with E-state index in [0.29, 0.717) is 43.4 Å². The number of nitrogens with one attached hydrogen (secondary N) is 3. The van der Waals surface area contributed by atoms with Crippen molar-refractivity contribution in [1.82, 2.24) is 15.6 Å². The van der Waals surface area contributed by atoms with Crippen LogP contribution in [0.3, 0.4) is 0 Å². The maximum Gasteiger partial charge on any atom is 0.222 e. The third-order valence-corrected chi connectivity index (χ3v) is 4.26. The Morgan fingerprint density at radius 3 is 3.00 bits per heavy atom.